The Hall–Kier alpha value is -2.44. The lowest BCUT2D eigenvalue weighted by molar-refractivity contribution is -0.133. The number of amides is 2. The van der Waals surface area contributed by atoms with Gasteiger partial charge in [-0.05, 0) is 45.1 Å². The Morgan fingerprint density at radius 3 is 2.18 bits per heavy atom. The van der Waals surface area contributed by atoms with Crippen LogP contribution in [-0.4, -0.2) is 144 Å². The fourth-order valence-electron chi connectivity index (χ4n) is 4.99. The Labute approximate surface area is 234 Å². The number of hydrogen-bond donors (Lipinski definition) is 3. The minimum absolute atomic E-state index is 0.104. The van der Waals surface area contributed by atoms with Gasteiger partial charge in [-0.3, -0.25) is 19.4 Å². The van der Waals surface area contributed by atoms with E-state index >= 15 is 0 Å². The maximum Gasteiger partial charge on any atom is 0.237 e. The summed E-state index contributed by atoms with van der Waals surface area (Å²) >= 11 is 0. The van der Waals surface area contributed by atoms with Gasteiger partial charge in [0, 0.05) is 83.6 Å². The number of carbonyl (C=O) groups excluding carboxylic acids is 2. The number of ether oxygens (including phenoxy) is 2. The van der Waals surface area contributed by atoms with Gasteiger partial charge in [0.25, 0.3) is 0 Å². The molecule has 11 heteroatoms. The first kappa shape index (κ1) is 31.1. The Kier molecular flexibility index (Phi) is 13.8. The molecule has 1 aromatic rings. The molecular formula is C28H49N7O4. The van der Waals surface area contributed by atoms with Crippen molar-refractivity contribution in [1.29, 1.82) is 0 Å². The highest BCUT2D eigenvalue weighted by atomic mass is 16.5. The predicted molar refractivity (Wildman–Crippen MR) is 153 cm³/mol. The Morgan fingerprint density at radius 2 is 1.54 bits per heavy atom. The van der Waals surface area contributed by atoms with Crippen molar-refractivity contribution in [1.82, 2.24) is 35.6 Å². The molecule has 220 valence electrons. The topological polar surface area (TPSA) is 102 Å². The van der Waals surface area contributed by atoms with Gasteiger partial charge in [0.15, 0.2) is 0 Å². The first-order chi connectivity index (χ1) is 19.0. The first-order valence-corrected chi connectivity index (χ1v) is 14.3. The van der Waals surface area contributed by atoms with Gasteiger partial charge in [0.05, 0.1) is 27.3 Å². The summed E-state index contributed by atoms with van der Waals surface area (Å²) in [6.07, 6.45) is 1.77. The van der Waals surface area contributed by atoms with Crippen molar-refractivity contribution in [2.45, 2.75) is 19.4 Å². The summed E-state index contributed by atoms with van der Waals surface area (Å²) in [6, 6.07) is 5.75. The summed E-state index contributed by atoms with van der Waals surface area (Å²) in [4.78, 5) is 34.2. The van der Waals surface area contributed by atoms with Gasteiger partial charge in [-0.2, -0.15) is 0 Å². The fourth-order valence-corrected chi connectivity index (χ4v) is 4.99. The second kappa shape index (κ2) is 17.3. The molecule has 2 aliphatic heterocycles. The zero-order chi connectivity index (χ0) is 27.9. The molecule has 0 saturated carbocycles. The SMILES string of the molecule is COc1ccc(CN(CCCN(C)CCCNC(=O)CN2CCNCC2)C(=O)CN2CCNCC2)c(OC)c1. The van der Waals surface area contributed by atoms with Gasteiger partial charge in [-0.15, -0.1) is 0 Å². The van der Waals surface area contributed by atoms with Crippen LogP contribution in [-0.2, 0) is 16.1 Å². The normalized spacial score (nSPS) is 16.7. The maximum atomic E-state index is 13.4. The maximum absolute atomic E-state index is 13.4. The Balaban J connectivity index is 1.43. The zero-order valence-electron chi connectivity index (χ0n) is 24.2. The van der Waals surface area contributed by atoms with Gasteiger partial charge < -0.3 is 35.2 Å². The molecule has 11 nitrogen and oxygen atoms in total. The van der Waals surface area contributed by atoms with E-state index in [0.29, 0.717) is 32.7 Å². The third kappa shape index (κ3) is 11.3. The quantitative estimate of drug-likeness (QED) is 0.240. The van der Waals surface area contributed by atoms with Crippen molar-refractivity contribution in [3.63, 3.8) is 0 Å². The van der Waals surface area contributed by atoms with Crippen molar-refractivity contribution >= 4 is 11.8 Å². The number of rotatable bonds is 16. The van der Waals surface area contributed by atoms with Crippen molar-refractivity contribution in [2.24, 2.45) is 0 Å². The summed E-state index contributed by atoms with van der Waals surface area (Å²) in [5.41, 5.74) is 0.969. The van der Waals surface area contributed by atoms with E-state index in [1.54, 1.807) is 14.2 Å². The third-order valence-electron chi connectivity index (χ3n) is 7.36. The van der Waals surface area contributed by atoms with Gasteiger partial charge in [0.2, 0.25) is 11.8 Å². The van der Waals surface area contributed by atoms with E-state index < -0.39 is 0 Å². The molecule has 3 rings (SSSR count). The molecule has 2 heterocycles. The number of methoxy groups -OCH3 is 2. The average molecular weight is 548 g/mol. The fraction of sp³-hybridized carbons (Fsp3) is 0.714. The second-order valence-electron chi connectivity index (χ2n) is 10.4. The van der Waals surface area contributed by atoms with E-state index in [2.05, 4.69) is 37.7 Å². The van der Waals surface area contributed by atoms with Gasteiger partial charge in [-0.25, -0.2) is 0 Å². The highest BCUT2D eigenvalue weighted by Crippen LogP contribution is 2.26. The van der Waals surface area contributed by atoms with Crippen LogP contribution in [0.5, 0.6) is 11.5 Å². The number of hydrogen-bond acceptors (Lipinski definition) is 9. The minimum atomic E-state index is 0.104. The highest BCUT2D eigenvalue weighted by molar-refractivity contribution is 5.78. The second-order valence-corrected chi connectivity index (χ2v) is 10.4. The van der Waals surface area contributed by atoms with Gasteiger partial charge in [0.1, 0.15) is 11.5 Å². The summed E-state index contributed by atoms with van der Waals surface area (Å²) < 4.78 is 10.9. The Bertz CT molecular complexity index is 875. The lowest BCUT2D eigenvalue weighted by Gasteiger charge is -2.31. The summed E-state index contributed by atoms with van der Waals surface area (Å²) in [5.74, 6) is 1.71. The van der Waals surface area contributed by atoms with E-state index in [9.17, 15) is 9.59 Å². The van der Waals surface area contributed by atoms with E-state index in [0.717, 1.165) is 95.4 Å². The summed E-state index contributed by atoms with van der Waals surface area (Å²) in [6.45, 7) is 11.9. The van der Waals surface area contributed by atoms with E-state index in [4.69, 9.17) is 9.47 Å². The Morgan fingerprint density at radius 1 is 0.897 bits per heavy atom. The molecule has 0 aromatic heterocycles. The third-order valence-corrected chi connectivity index (χ3v) is 7.36. The number of nitrogens with zero attached hydrogens (tertiary/aromatic N) is 4. The van der Waals surface area contributed by atoms with Crippen LogP contribution in [0.3, 0.4) is 0 Å². The van der Waals surface area contributed by atoms with Crippen molar-refractivity contribution < 1.29 is 19.1 Å². The first-order valence-electron chi connectivity index (χ1n) is 14.3. The minimum Gasteiger partial charge on any atom is -0.497 e. The lowest BCUT2D eigenvalue weighted by Crippen LogP contribution is -2.48. The number of nitrogens with one attached hydrogen (secondary N) is 3. The van der Waals surface area contributed by atoms with Crippen LogP contribution in [0.15, 0.2) is 18.2 Å². The monoisotopic (exact) mass is 547 g/mol. The van der Waals surface area contributed by atoms with E-state index in [1.807, 2.05) is 23.1 Å². The van der Waals surface area contributed by atoms with Crippen LogP contribution < -0.4 is 25.4 Å². The molecule has 0 atom stereocenters. The molecule has 2 fully saturated rings. The molecule has 1 aromatic carbocycles. The number of piperazine rings is 2. The molecule has 0 spiro atoms. The molecule has 0 bridgehead atoms. The molecule has 2 aliphatic rings. The molecule has 0 aliphatic carbocycles. The van der Waals surface area contributed by atoms with Crippen LogP contribution in [0, 0.1) is 0 Å². The number of carbonyl (C=O) groups is 2. The molecular weight excluding hydrogens is 498 g/mol. The largest absolute Gasteiger partial charge is 0.497 e. The summed E-state index contributed by atoms with van der Waals surface area (Å²) in [5, 5.41) is 9.70. The standard InChI is InChI=1S/C28H49N7O4/c1-32(13-4-8-31-27(36)22-33-16-9-29-10-17-33)14-5-15-35(28(37)23-34-18-11-30-12-19-34)21-24-6-7-25(38-2)20-26(24)39-3/h6-7,20,29-30H,4-5,8-19,21-23H2,1-3H3,(H,31,36). The van der Waals surface area contributed by atoms with Crippen molar-refractivity contribution in [3.05, 3.63) is 23.8 Å². The van der Waals surface area contributed by atoms with Crippen molar-refractivity contribution in [3.8, 4) is 11.5 Å². The highest BCUT2D eigenvalue weighted by Gasteiger charge is 2.21. The summed E-state index contributed by atoms with van der Waals surface area (Å²) in [7, 11) is 5.38. The zero-order valence-corrected chi connectivity index (χ0v) is 24.2. The van der Waals surface area contributed by atoms with Crippen molar-refractivity contribution in [2.75, 3.05) is 113 Å². The molecule has 39 heavy (non-hydrogen) atoms. The van der Waals surface area contributed by atoms with E-state index in [-0.39, 0.29) is 11.8 Å². The molecule has 2 saturated heterocycles. The molecule has 2 amide bonds. The van der Waals surface area contributed by atoms with Crippen LogP contribution in [0.1, 0.15) is 18.4 Å². The number of benzene rings is 1. The van der Waals surface area contributed by atoms with Crippen LogP contribution in [0.4, 0.5) is 0 Å². The molecule has 0 unspecified atom stereocenters. The predicted octanol–water partition coefficient (Wildman–Crippen LogP) is -0.329. The smallest absolute Gasteiger partial charge is 0.237 e. The lowest BCUT2D eigenvalue weighted by atomic mass is 10.1. The average Bonchev–Trinajstić information content (AvgIpc) is 2.96. The van der Waals surface area contributed by atoms with Crippen LogP contribution in [0.2, 0.25) is 0 Å². The molecule has 3 N–H and O–H groups in total. The van der Waals surface area contributed by atoms with Gasteiger partial charge in [-0.1, -0.05) is 0 Å². The van der Waals surface area contributed by atoms with Crippen LogP contribution >= 0.6 is 0 Å². The van der Waals surface area contributed by atoms with Gasteiger partial charge >= 0.3 is 0 Å². The van der Waals surface area contributed by atoms with Crippen LogP contribution in [0.25, 0.3) is 0 Å². The molecule has 0 radical (unpaired) electrons. The van der Waals surface area contributed by atoms with E-state index in [1.165, 1.54) is 0 Å².